The third-order valence-corrected chi connectivity index (χ3v) is 10.8. The van der Waals surface area contributed by atoms with Crippen molar-refractivity contribution in [2.24, 2.45) is 0 Å². The summed E-state index contributed by atoms with van der Waals surface area (Å²) >= 11 is 0. The highest BCUT2D eigenvalue weighted by atomic mass is 16.6. The molecule has 7 aromatic rings. The van der Waals surface area contributed by atoms with E-state index in [1.54, 1.807) is 57.5 Å². The van der Waals surface area contributed by atoms with Crippen LogP contribution in [0.5, 0.6) is 23.0 Å². The molecule has 1 aliphatic heterocycles. The third-order valence-electron chi connectivity index (χ3n) is 10.8. The Morgan fingerprint density at radius 2 is 1.28 bits per heavy atom. The van der Waals surface area contributed by atoms with Crippen molar-refractivity contribution in [3.8, 4) is 23.0 Å². The van der Waals surface area contributed by atoms with Gasteiger partial charge in [0, 0.05) is 12.0 Å². The van der Waals surface area contributed by atoms with Crippen LogP contribution in [0.3, 0.4) is 0 Å². The number of hydrogen-bond donors (Lipinski definition) is 2. The first-order valence-corrected chi connectivity index (χ1v) is 19.6. The van der Waals surface area contributed by atoms with Gasteiger partial charge in [-0.1, -0.05) is 78.9 Å². The van der Waals surface area contributed by atoms with Gasteiger partial charge in [0.2, 0.25) is 0 Å². The SMILES string of the molecule is COc1ccc(/C=C(/C(=O)Nc2ncnc3c2ncn3[C@H]2C[C@H](O)[C@@H](COC(c3ccccc3)(c3ccc(OC)cc3)c3ccc(OC)cc3)O2)c2ccc(OC)cc2)cc1. The fourth-order valence-electron chi connectivity index (χ4n) is 7.56. The lowest BCUT2D eigenvalue weighted by atomic mass is 9.80. The Kier molecular flexibility index (Phi) is 12.0. The van der Waals surface area contributed by atoms with Crippen LogP contribution in [0.4, 0.5) is 5.82 Å². The van der Waals surface area contributed by atoms with Crippen LogP contribution in [0.25, 0.3) is 22.8 Å². The molecule has 3 atom stereocenters. The molecule has 8 rings (SSSR count). The summed E-state index contributed by atoms with van der Waals surface area (Å²) in [6.07, 6.45) is 2.71. The Morgan fingerprint density at radius 1 is 0.738 bits per heavy atom. The maximum Gasteiger partial charge on any atom is 0.257 e. The van der Waals surface area contributed by atoms with Gasteiger partial charge < -0.3 is 38.8 Å². The van der Waals surface area contributed by atoms with Crippen molar-refractivity contribution in [2.75, 3.05) is 40.4 Å². The molecule has 1 saturated heterocycles. The number of aliphatic hydroxyl groups excluding tert-OH is 1. The van der Waals surface area contributed by atoms with Crippen molar-refractivity contribution in [3.63, 3.8) is 0 Å². The van der Waals surface area contributed by atoms with Crippen molar-refractivity contribution >= 4 is 34.5 Å². The molecule has 0 saturated carbocycles. The number of methoxy groups -OCH3 is 4. The summed E-state index contributed by atoms with van der Waals surface area (Å²) in [5, 5.41) is 14.5. The molecule has 2 N–H and O–H groups in total. The summed E-state index contributed by atoms with van der Waals surface area (Å²) in [4.78, 5) is 27.6. The van der Waals surface area contributed by atoms with Crippen molar-refractivity contribution in [1.82, 2.24) is 19.5 Å². The summed E-state index contributed by atoms with van der Waals surface area (Å²) < 4.78 is 37.0. The van der Waals surface area contributed by atoms with E-state index in [0.717, 1.165) is 22.3 Å². The van der Waals surface area contributed by atoms with E-state index < -0.39 is 29.9 Å². The third kappa shape index (κ3) is 8.39. The number of aromatic nitrogens is 4. The smallest absolute Gasteiger partial charge is 0.257 e. The molecule has 61 heavy (non-hydrogen) atoms. The van der Waals surface area contributed by atoms with E-state index in [1.807, 2.05) is 115 Å². The fraction of sp³-hybridized carbons (Fsp3) is 0.208. The van der Waals surface area contributed by atoms with Gasteiger partial charge in [0.15, 0.2) is 17.0 Å². The van der Waals surface area contributed by atoms with E-state index in [2.05, 4.69) is 20.3 Å². The van der Waals surface area contributed by atoms with Gasteiger partial charge >= 0.3 is 0 Å². The van der Waals surface area contributed by atoms with E-state index in [9.17, 15) is 9.90 Å². The van der Waals surface area contributed by atoms with Crippen LogP contribution < -0.4 is 24.3 Å². The molecular formula is C48H45N5O8. The molecule has 13 nitrogen and oxygen atoms in total. The van der Waals surface area contributed by atoms with Crippen molar-refractivity contribution in [3.05, 3.63) is 168 Å². The number of amides is 1. The highest BCUT2D eigenvalue weighted by molar-refractivity contribution is 6.29. The summed E-state index contributed by atoms with van der Waals surface area (Å²) in [6, 6.07) is 40.1. The number of rotatable bonds is 15. The van der Waals surface area contributed by atoms with Gasteiger partial charge in [-0.2, -0.15) is 0 Å². The zero-order chi connectivity index (χ0) is 42.3. The molecule has 0 unspecified atom stereocenters. The predicted molar refractivity (Wildman–Crippen MR) is 231 cm³/mol. The van der Waals surface area contributed by atoms with Gasteiger partial charge in [-0.05, 0) is 82.4 Å². The monoisotopic (exact) mass is 819 g/mol. The average Bonchev–Trinajstić information content (AvgIpc) is 3.92. The lowest BCUT2D eigenvalue weighted by molar-refractivity contribution is -0.111. The zero-order valence-corrected chi connectivity index (χ0v) is 34.1. The van der Waals surface area contributed by atoms with Crippen LogP contribution in [-0.2, 0) is 19.9 Å². The molecule has 0 radical (unpaired) electrons. The molecule has 5 aromatic carbocycles. The summed E-state index contributed by atoms with van der Waals surface area (Å²) in [5.41, 5.74) is 4.12. The minimum Gasteiger partial charge on any atom is -0.497 e. The van der Waals surface area contributed by atoms with Crippen molar-refractivity contribution < 1.29 is 38.3 Å². The normalized spacial score (nSPS) is 16.6. The van der Waals surface area contributed by atoms with E-state index in [0.29, 0.717) is 45.3 Å². The molecule has 1 amide bonds. The van der Waals surface area contributed by atoms with E-state index >= 15 is 0 Å². The molecule has 1 aliphatic rings. The Labute approximate surface area is 353 Å². The molecule has 13 heteroatoms. The molecule has 2 aromatic heterocycles. The number of ether oxygens (including phenoxy) is 6. The number of imidazole rings is 1. The summed E-state index contributed by atoms with van der Waals surface area (Å²) in [7, 11) is 6.45. The lowest BCUT2D eigenvalue weighted by Crippen LogP contribution is -2.38. The molecule has 3 heterocycles. The van der Waals surface area contributed by atoms with Crippen LogP contribution in [0, 0.1) is 0 Å². The van der Waals surface area contributed by atoms with Crippen LogP contribution >= 0.6 is 0 Å². The average molecular weight is 820 g/mol. The van der Waals surface area contributed by atoms with Crippen LogP contribution in [-0.4, -0.2) is 77.8 Å². The second-order valence-electron chi connectivity index (χ2n) is 14.3. The quantitative estimate of drug-likeness (QED) is 0.0596. The molecule has 0 spiro atoms. The van der Waals surface area contributed by atoms with E-state index in [4.69, 9.17) is 28.4 Å². The van der Waals surface area contributed by atoms with Crippen LogP contribution in [0.1, 0.15) is 40.5 Å². The van der Waals surface area contributed by atoms with E-state index in [-0.39, 0.29) is 18.8 Å². The van der Waals surface area contributed by atoms with Gasteiger partial charge in [0.1, 0.15) is 47.3 Å². The van der Waals surface area contributed by atoms with Gasteiger partial charge in [-0.15, -0.1) is 0 Å². The number of carbonyl (C=O) groups is 1. The first-order valence-electron chi connectivity index (χ1n) is 19.6. The Bertz CT molecular complexity index is 2550. The number of benzene rings is 5. The Balaban J connectivity index is 1.06. The highest BCUT2D eigenvalue weighted by Crippen LogP contribution is 2.43. The van der Waals surface area contributed by atoms with Gasteiger partial charge in [-0.25, -0.2) is 15.0 Å². The van der Waals surface area contributed by atoms with E-state index in [1.165, 1.54) is 6.33 Å². The van der Waals surface area contributed by atoms with Gasteiger partial charge in [0.05, 0.1) is 47.5 Å². The molecule has 0 aliphatic carbocycles. The molecular weight excluding hydrogens is 775 g/mol. The topological polar surface area (TPSA) is 148 Å². The molecule has 1 fully saturated rings. The number of nitrogens with one attached hydrogen (secondary N) is 1. The standard InChI is InChI=1S/C48H45N5O8/c1-56-36-18-10-31(11-19-36)26-40(32-12-20-37(57-2)21-13-32)47(55)52-45-44-46(50-29-49-45)53(30-51-44)43-27-41(54)42(61-43)28-60-48(33-8-6-5-7-9-33,34-14-22-38(58-3)23-15-34)35-16-24-39(59-4)25-17-35/h5-26,29-30,41-43,54H,27-28H2,1-4H3,(H,49,50,52,55)/b40-26+/t41-,42+,43+/m0/s1. The number of anilines is 1. The maximum atomic E-state index is 14.1. The minimum atomic E-state index is -1.10. The summed E-state index contributed by atoms with van der Waals surface area (Å²) in [6.45, 7) is 0.0300. The van der Waals surface area contributed by atoms with Gasteiger partial charge in [-0.3, -0.25) is 9.36 Å². The van der Waals surface area contributed by atoms with Crippen LogP contribution in [0.15, 0.2) is 140 Å². The number of aliphatic hydroxyl groups is 1. The van der Waals surface area contributed by atoms with Crippen LogP contribution in [0.2, 0.25) is 0 Å². The highest BCUT2D eigenvalue weighted by Gasteiger charge is 2.42. The number of hydrogen-bond acceptors (Lipinski definition) is 11. The number of nitrogens with zero attached hydrogens (tertiary/aromatic N) is 4. The minimum absolute atomic E-state index is 0.0300. The van der Waals surface area contributed by atoms with Gasteiger partial charge in [0.25, 0.3) is 5.91 Å². The number of fused-ring (bicyclic) bond motifs is 1. The predicted octanol–water partition coefficient (Wildman–Crippen LogP) is 7.70. The maximum absolute atomic E-state index is 14.1. The molecule has 310 valence electrons. The number of carbonyl (C=O) groups excluding carboxylic acids is 1. The second kappa shape index (κ2) is 18.1. The zero-order valence-electron chi connectivity index (χ0n) is 34.1. The Morgan fingerprint density at radius 3 is 1.85 bits per heavy atom. The first kappa shape index (κ1) is 40.7. The van der Waals surface area contributed by atoms with Crippen molar-refractivity contribution in [1.29, 1.82) is 0 Å². The summed E-state index contributed by atoms with van der Waals surface area (Å²) in [5.74, 6) is 2.59. The Hall–Kier alpha value is -7.06. The first-order chi connectivity index (χ1) is 29.8. The largest absolute Gasteiger partial charge is 0.497 e. The van der Waals surface area contributed by atoms with Crippen molar-refractivity contribution in [2.45, 2.75) is 30.5 Å². The fourth-order valence-corrected chi connectivity index (χ4v) is 7.56. The second-order valence-corrected chi connectivity index (χ2v) is 14.3. The lowest BCUT2D eigenvalue weighted by Gasteiger charge is -2.37. The molecule has 0 bridgehead atoms.